The summed E-state index contributed by atoms with van der Waals surface area (Å²) in [6.07, 6.45) is 2.29. The molecule has 3 rings (SSSR count). The van der Waals surface area contributed by atoms with Crippen molar-refractivity contribution < 1.29 is 18.0 Å². The first kappa shape index (κ1) is 15.0. The van der Waals surface area contributed by atoms with E-state index in [0.717, 1.165) is 17.5 Å². The van der Waals surface area contributed by atoms with Gasteiger partial charge >= 0.3 is 0 Å². The predicted molar refractivity (Wildman–Crippen MR) is 79.8 cm³/mol. The second-order valence-electron chi connectivity index (χ2n) is 5.74. The van der Waals surface area contributed by atoms with Crippen molar-refractivity contribution in [3.8, 4) is 0 Å². The molecule has 0 bridgehead atoms. The Morgan fingerprint density at radius 2 is 2.14 bits per heavy atom. The molecular weight excluding hydrogens is 304 g/mol. The molecule has 1 aromatic rings. The van der Waals surface area contributed by atoms with Gasteiger partial charge < -0.3 is 10.6 Å². The van der Waals surface area contributed by atoms with E-state index in [-0.39, 0.29) is 17.6 Å². The zero-order valence-electron chi connectivity index (χ0n) is 12.1. The number of carbonyl (C=O) groups excluding carboxylic acids is 2. The van der Waals surface area contributed by atoms with Crippen LogP contribution >= 0.6 is 0 Å². The molecule has 1 atom stereocenters. The third-order valence-electron chi connectivity index (χ3n) is 4.10. The van der Waals surface area contributed by atoms with E-state index in [1.54, 1.807) is 12.1 Å². The third-order valence-corrected chi connectivity index (χ3v) is 5.99. The average Bonchev–Trinajstić information content (AvgIpc) is 2.91. The van der Waals surface area contributed by atoms with Gasteiger partial charge in [-0.15, -0.1) is 0 Å². The van der Waals surface area contributed by atoms with Crippen molar-refractivity contribution in [1.82, 2.24) is 10.6 Å². The van der Waals surface area contributed by atoms with Gasteiger partial charge in [-0.2, -0.15) is 0 Å². The Bertz CT molecular complexity index is 727. The minimum atomic E-state index is -3.14. The first-order chi connectivity index (χ1) is 10.5. The van der Waals surface area contributed by atoms with Crippen LogP contribution in [-0.4, -0.2) is 32.0 Å². The zero-order chi connectivity index (χ0) is 15.7. The van der Waals surface area contributed by atoms with E-state index in [1.165, 1.54) is 0 Å². The lowest BCUT2D eigenvalue weighted by Crippen LogP contribution is -2.41. The molecule has 2 heterocycles. The molecule has 6 nitrogen and oxygen atoms in total. The number of aryl methyl sites for hydroxylation is 1. The van der Waals surface area contributed by atoms with Gasteiger partial charge in [-0.25, -0.2) is 8.42 Å². The SMILES string of the molecule is O=C1CCC(C(=O)NCc2ccc3c(c2)CCCS3(=O)=O)N1. The van der Waals surface area contributed by atoms with Gasteiger partial charge in [-0.3, -0.25) is 9.59 Å². The molecule has 1 saturated heterocycles. The van der Waals surface area contributed by atoms with Crippen molar-refractivity contribution in [3.05, 3.63) is 29.3 Å². The number of fused-ring (bicyclic) bond motifs is 1. The van der Waals surface area contributed by atoms with Crippen LogP contribution in [-0.2, 0) is 32.4 Å². The first-order valence-corrected chi connectivity index (χ1v) is 9.02. The van der Waals surface area contributed by atoms with Crippen molar-refractivity contribution in [1.29, 1.82) is 0 Å². The number of hydrogen-bond acceptors (Lipinski definition) is 4. The van der Waals surface area contributed by atoms with E-state index in [9.17, 15) is 18.0 Å². The quantitative estimate of drug-likeness (QED) is 0.837. The molecule has 2 aliphatic rings. The minimum absolute atomic E-state index is 0.0980. The Morgan fingerprint density at radius 1 is 1.32 bits per heavy atom. The maximum Gasteiger partial charge on any atom is 0.242 e. The highest BCUT2D eigenvalue weighted by atomic mass is 32.2. The molecule has 2 N–H and O–H groups in total. The largest absolute Gasteiger partial charge is 0.350 e. The van der Waals surface area contributed by atoms with E-state index >= 15 is 0 Å². The molecule has 0 aromatic heterocycles. The minimum Gasteiger partial charge on any atom is -0.350 e. The van der Waals surface area contributed by atoms with E-state index < -0.39 is 15.9 Å². The summed E-state index contributed by atoms with van der Waals surface area (Å²) >= 11 is 0. The second kappa shape index (κ2) is 5.72. The van der Waals surface area contributed by atoms with Gasteiger partial charge in [0.15, 0.2) is 9.84 Å². The molecule has 0 aliphatic carbocycles. The monoisotopic (exact) mass is 322 g/mol. The van der Waals surface area contributed by atoms with E-state index in [1.807, 2.05) is 6.07 Å². The summed E-state index contributed by atoms with van der Waals surface area (Å²) in [5, 5.41) is 5.41. The van der Waals surface area contributed by atoms with Crippen LogP contribution < -0.4 is 10.6 Å². The van der Waals surface area contributed by atoms with E-state index in [2.05, 4.69) is 10.6 Å². The summed E-state index contributed by atoms with van der Waals surface area (Å²) in [4.78, 5) is 23.5. The summed E-state index contributed by atoms with van der Waals surface area (Å²) in [7, 11) is -3.14. The van der Waals surface area contributed by atoms with Crippen LogP contribution in [0.4, 0.5) is 0 Å². The average molecular weight is 322 g/mol. The number of benzene rings is 1. The number of sulfone groups is 1. The summed E-state index contributed by atoms with van der Waals surface area (Å²) in [5.74, 6) is -0.0902. The number of nitrogens with one attached hydrogen (secondary N) is 2. The van der Waals surface area contributed by atoms with Crippen LogP contribution in [0.15, 0.2) is 23.1 Å². The fourth-order valence-corrected chi connectivity index (χ4v) is 4.51. The van der Waals surface area contributed by atoms with Crippen molar-refractivity contribution >= 4 is 21.7 Å². The van der Waals surface area contributed by atoms with Gasteiger partial charge in [0.25, 0.3) is 0 Å². The first-order valence-electron chi connectivity index (χ1n) is 7.37. The highest BCUT2D eigenvalue weighted by molar-refractivity contribution is 7.91. The molecule has 1 unspecified atom stereocenters. The summed E-state index contributed by atoms with van der Waals surface area (Å²) in [6.45, 7) is 0.332. The lowest BCUT2D eigenvalue weighted by Gasteiger charge is -2.17. The Labute approximate surface area is 129 Å². The van der Waals surface area contributed by atoms with Crippen LogP contribution in [0.1, 0.15) is 30.4 Å². The fraction of sp³-hybridized carbons (Fsp3) is 0.467. The summed E-state index contributed by atoms with van der Waals surface area (Å²) in [5.41, 5.74) is 1.70. The topological polar surface area (TPSA) is 92.3 Å². The van der Waals surface area contributed by atoms with Crippen molar-refractivity contribution in [2.45, 2.75) is 43.2 Å². The normalized spacial score (nSPS) is 22.7. The molecule has 2 aliphatic heterocycles. The van der Waals surface area contributed by atoms with Gasteiger partial charge in [0, 0.05) is 13.0 Å². The van der Waals surface area contributed by atoms with Crippen LogP contribution in [0.25, 0.3) is 0 Å². The number of carbonyl (C=O) groups is 2. The molecule has 0 radical (unpaired) electrons. The fourth-order valence-electron chi connectivity index (χ4n) is 2.93. The van der Waals surface area contributed by atoms with Crippen LogP contribution in [0, 0.1) is 0 Å². The lowest BCUT2D eigenvalue weighted by molar-refractivity contribution is -0.125. The van der Waals surface area contributed by atoms with Gasteiger partial charge in [0.05, 0.1) is 10.6 Å². The number of amides is 2. The molecule has 7 heteroatoms. The maximum atomic E-state index is 11.9. The summed E-state index contributed by atoms with van der Waals surface area (Å²) < 4.78 is 23.9. The van der Waals surface area contributed by atoms with Gasteiger partial charge in [-0.05, 0) is 36.5 Å². The molecule has 0 saturated carbocycles. The molecule has 2 amide bonds. The lowest BCUT2D eigenvalue weighted by atomic mass is 10.1. The smallest absolute Gasteiger partial charge is 0.242 e. The van der Waals surface area contributed by atoms with Gasteiger partial charge in [0.1, 0.15) is 6.04 Å². The Hall–Kier alpha value is -1.89. The molecule has 1 aromatic carbocycles. The van der Waals surface area contributed by atoms with E-state index in [0.29, 0.717) is 30.7 Å². The van der Waals surface area contributed by atoms with Crippen LogP contribution in [0.5, 0.6) is 0 Å². The third kappa shape index (κ3) is 2.99. The Morgan fingerprint density at radius 3 is 2.86 bits per heavy atom. The standard InChI is InChI=1S/C15H18N2O4S/c18-14-6-4-12(17-14)15(19)16-9-10-3-5-13-11(8-10)2-1-7-22(13,20)21/h3,5,8,12H,1-2,4,6-7,9H2,(H,16,19)(H,17,18). The molecule has 118 valence electrons. The highest BCUT2D eigenvalue weighted by Gasteiger charge is 2.27. The Balaban J connectivity index is 1.67. The van der Waals surface area contributed by atoms with Gasteiger partial charge in [-0.1, -0.05) is 12.1 Å². The number of hydrogen-bond donors (Lipinski definition) is 2. The van der Waals surface area contributed by atoms with Crippen molar-refractivity contribution in [2.75, 3.05) is 5.75 Å². The zero-order valence-corrected chi connectivity index (χ0v) is 12.9. The molecule has 0 spiro atoms. The highest BCUT2D eigenvalue weighted by Crippen LogP contribution is 2.25. The van der Waals surface area contributed by atoms with Gasteiger partial charge in [0.2, 0.25) is 11.8 Å². The number of rotatable bonds is 3. The molecular formula is C15H18N2O4S. The van der Waals surface area contributed by atoms with Crippen LogP contribution in [0.3, 0.4) is 0 Å². The van der Waals surface area contributed by atoms with Crippen molar-refractivity contribution in [3.63, 3.8) is 0 Å². The van der Waals surface area contributed by atoms with E-state index in [4.69, 9.17) is 0 Å². The Kier molecular flexibility index (Phi) is 3.90. The summed E-state index contributed by atoms with van der Waals surface area (Å²) in [6, 6.07) is 4.75. The second-order valence-corrected chi connectivity index (χ2v) is 7.82. The predicted octanol–water partition coefficient (Wildman–Crippen LogP) is 0.301. The molecule has 1 fully saturated rings. The maximum absolute atomic E-state index is 11.9. The van der Waals surface area contributed by atoms with Crippen molar-refractivity contribution in [2.24, 2.45) is 0 Å². The van der Waals surface area contributed by atoms with Crippen LogP contribution in [0.2, 0.25) is 0 Å². The molecule has 22 heavy (non-hydrogen) atoms.